The number of hydrogen-bond acceptors (Lipinski definition) is 3. The second kappa shape index (κ2) is 6.35. The Kier molecular flexibility index (Phi) is 5.10. The quantitative estimate of drug-likeness (QED) is 0.756. The lowest BCUT2D eigenvalue weighted by Gasteiger charge is -2.39. The third kappa shape index (κ3) is 5.45. The lowest BCUT2D eigenvalue weighted by Crippen LogP contribution is -2.54. The van der Waals surface area contributed by atoms with Gasteiger partial charge in [0.2, 0.25) is 0 Å². The van der Waals surface area contributed by atoms with Gasteiger partial charge in [0.05, 0.1) is 0 Å². The highest BCUT2D eigenvalue weighted by Crippen LogP contribution is 2.21. The zero-order valence-corrected chi connectivity index (χ0v) is 10.2. The van der Waals surface area contributed by atoms with Crippen LogP contribution in [0.1, 0.15) is 12.5 Å². The van der Waals surface area contributed by atoms with Gasteiger partial charge in [-0.15, -0.1) is 0 Å². The maximum absolute atomic E-state index is 12.4. The van der Waals surface area contributed by atoms with Crippen LogP contribution in [-0.2, 0) is 16.1 Å². The van der Waals surface area contributed by atoms with Gasteiger partial charge in [0.15, 0.2) is 0 Å². The van der Waals surface area contributed by atoms with E-state index in [2.05, 4.69) is 4.74 Å². The molecule has 1 heterocycles. The van der Waals surface area contributed by atoms with E-state index < -0.39 is 5.67 Å². The molecule has 0 N–H and O–H groups in total. The van der Waals surface area contributed by atoms with E-state index in [-0.39, 0.29) is 0 Å². The van der Waals surface area contributed by atoms with Gasteiger partial charge in [-0.3, -0.25) is 9.69 Å². The topological polar surface area (TPSA) is 29.5 Å². The van der Waals surface area contributed by atoms with E-state index in [1.165, 1.54) is 0 Å². The second-order valence-corrected chi connectivity index (χ2v) is 4.48. The molecule has 2 rings (SSSR count). The summed E-state index contributed by atoms with van der Waals surface area (Å²) >= 11 is 0. The minimum atomic E-state index is -0.880. The zero-order valence-electron chi connectivity index (χ0n) is 10.2. The Balaban J connectivity index is 0.000000181. The minimum Gasteiger partial charge on any atom is -0.463 e. The lowest BCUT2D eigenvalue weighted by molar-refractivity contribution is -0.129. The monoisotopic (exact) mass is 239 g/mol. The molecule has 1 aromatic carbocycles. The van der Waals surface area contributed by atoms with Crippen molar-refractivity contribution in [2.75, 3.05) is 20.1 Å². The molecule has 1 fully saturated rings. The van der Waals surface area contributed by atoms with Crippen molar-refractivity contribution in [3.05, 3.63) is 35.9 Å². The number of carbonyl (C=O) groups is 1. The molecule has 3 nitrogen and oxygen atoms in total. The first-order chi connectivity index (χ1) is 8.03. The average molecular weight is 239 g/mol. The average Bonchev–Trinajstić information content (AvgIpc) is 2.26. The summed E-state index contributed by atoms with van der Waals surface area (Å²) in [6, 6.07) is 9.55. The summed E-state index contributed by atoms with van der Waals surface area (Å²) in [7, 11) is 1.92. The Morgan fingerprint density at radius 2 is 2.00 bits per heavy atom. The van der Waals surface area contributed by atoms with Gasteiger partial charge >= 0.3 is 0 Å². The van der Waals surface area contributed by atoms with E-state index in [4.69, 9.17) is 0 Å². The normalized spacial score (nSPS) is 17.4. The van der Waals surface area contributed by atoms with Crippen LogP contribution < -0.4 is 0 Å². The van der Waals surface area contributed by atoms with Crippen LogP contribution in [0.2, 0.25) is 0 Å². The lowest BCUT2D eigenvalue weighted by atomic mass is 10.0. The summed E-state index contributed by atoms with van der Waals surface area (Å²) in [5, 5.41) is 0. The molecule has 1 aliphatic heterocycles. The molecule has 0 amide bonds. The Labute approximate surface area is 101 Å². The summed E-state index contributed by atoms with van der Waals surface area (Å²) < 4.78 is 17.0. The Hall–Kier alpha value is -1.42. The fraction of sp³-hybridized carbons (Fsp3) is 0.462. The van der Waals surface area contributed by atoms with E-state index in [0.29, 0.717) is 26.2 Å². The van der Waals surface area contributed by atoms with Crippen LogP contribution in [0, 0.1) is 0 Å². The summed E-state index contributed by atoms with van der Waals surface area (Å²) in [5.41, 5.74) is 0.129. The number of carbonyl (C=O) groups excluding carboxylic acids is 1. The maximum atomic E-state index is 12.4. The molecular formula is C13H18FNO2. The standard InChI is InChI=1S/C8H8O2.C5H10FN/c9-7-10-6-8-4-2-1-3-5-8;1-5(6)3-7(2)4-5/h1-5,7H,6H2;3-4H2,1-2H3. The first-order valence-electron chi connectivity index (χ1n) is 5.50. The molecule has 0 atom stereocenters. The van der Waals surface area contributed by atoms with Crippen molar-refractivity contribution in [3.63, 3.8) is 0 Å². The van der Waals surface area contributed by atoms with Gasteiger partial charge in [-0.05, 0) is 19.5 Å². The maximum Gasteiger partial charge on any atom is 0.293 e. The minimum absolute atomic E-state index is 0.365. The molecule has 0 aliphatic carbocycles. The van der Waals surface area contributed by atoms with Crippen LogP contribution in [0.25, 0.3) is 0 Å². The van der Waals surface area contributed by atoms with E-state index in [9.17, 15) is 9.18 Å². The molecule has 0 bridgehead atoms. The second-order valence-electron chi connectivity index (χ2n) is 4.48. The Morgan fingerprint density at radius 1 is 1.41 bits per heavy atom. The molecule has 1 saturated heterocycles. The SMILES string of the molecule is CN1CC(C)(F)C1.O=COCc1ccccc1. The number of alkyl halides is 1. The highest BCUT2D eigenvalue weighted by molar-refractivity contribution is 5.37. The van der Waals surface area contributed by atoms with Crippen molar-refractivity contribution in [1.82, 2.24) is 4.90 Å². The number of nitrogens with zero attached hydrogens (tertiary/aromatic N) is 1. The highest BCUT2D eigenvalue weighted by atomic mass is 19.1. The van der Waals surface area contributed by atoms with Gasteiger partial charge in [-0.2, -0.15) is 0 Å². The molecule has 94 valence electrons. The van der Waals surface area contributed by atoms with Crippen molar-refractivity contribution in [2.24, 2.45) is 0 Å². The first-order valence-corrected chi connectivity index (χ1v) is 5.50. The number of halogens is 1. The largest absolute Gasteiger partial charge is 0.463 e. The fourth-order valence-electron chi connectivity index (χ4n) is 1.78. The predicted octanol–water partition coefficient (Wildman–Crippen LogP) is 2.02. The molecule has 0 spiro atoms. The number of ether oxygens (including phenoxy) is 1. The highest BCUT2D eigenvalue weighted by Gasteiger charge is 2.35. The summed E-state index contributed by atoms with van der Waals surface area (Å²) in [6.45, 7) is 3.66. The fourth-order valence-corrected chi connectivity index (χ4v) is 1.78. The third-order valence-electron chi connectivity index (χ3n) is 2.36. The van der Waals surface area contributed by atoms with E-state index in [1.54, 1.807) is 6.92 Å². The smallest absolute Gasteiger partial charge is 0.293 e. The van der Waals surface area contributed by atoms with Gasteiger partial charge in [0, 0.05) is 13.1 Å². The molecule has 1 aliphatic rings. The molecule has 0 unspecified atom stereocenters. The molecule has 4 heteroatoms. The van der Waals surface area contributed by atoms with Crippen molar-refractivity contribution in [2.45, 2.75) is 19.2 Å². The van der Waals surface area contributed by atoms with Crippen molar-refractivity contribution in [1.29, 1.82) is 0 Å². The third-order valence-corrected chi connectivity index (χ3v) is 2.36. The van der Waals surface area contributed by atoms with Crippen LogP contribution in [0.3, 0.4) is 0 Å². The number of benzene rings is 1. The molecule has 0 radical (unpaired) electrons. The van der Waals surface area contributed by atoms with Crippen LogP contribution in [0.5, 0.6) is 0 Å². The van der Waals surface area contributed by atoms with E-state index in [0.717, 1.165) is 5.56 Å². The van der Waals surface area contributed by atoms with Gasteiger partial charge in [0.1, 0.15) is 12.3 Å². The number of likely N-dealkylation sites (tertiary alicyclic amines) is 1. The zero-order chi connectivity index (χ0) is 12.7. The van der Waals surface area contributed by atoms with Crippen molar-refractivity contribution in [3.8, 4) is 0 Å². The van der Waals surface area contributed by atoms with Gasteiger partial charge in [-0.1, -0.05) is 30.3 Å². The molecular weight excluding hydrogens is 221 g/mol. The van der Waals surface area contributed by atoms with Crippen molar-refractivity contribution < 1.29 is 13.9 Å². The van der Waals surface area contributed by atoms with E-state index >= 15 is 0 Å². The van der Waals surface area contributed by atoms with Gasteiger partial charge < -0.3 is 4.74 Å². The predicted molar refractivity (Wildman–Crippen MR) is 64.3 cm³/mol. The molecule has 0 saturated carbocycles. The summed E-state index contributed by atoms with van der Waals surface area (Å²) in [5.74, 6) is 0. The molecule has 0 aromatic heterocycles. The van der Waals surface area contributed by atoms with Gasteiger partial charge in [-0.25, -0.2) is 4.39 Å². The Bertz CT molecular complexity index is 333. The Morgan fingerprint density at radius 3 is 2.35 bits per heavy atom. The summed E-state index contributed by atoms with van der Waals surface area (Å²) in [6.07, 6.45) is 0. The van der Waals surface area contributed by atoms with Crippen LogP contribution in [0.4, 0.5) is 4.39 Å². The number of rotatable bonds is 3. The summed E-state index contributed by atoms with van der Waals surface area (Å²) in [4.78, 5) is 11.7. The van der Waals surface area contributed by atoms with E-state index in [1.807, 2.05) is 42.3 Å². The first kappa shape index (κ1) is 13.6. The molecule has 1 aromatic rings. The van der Waals surface area contributed by atoms with Crippen LogP contribution in [0.15, 0.2) is 30.3 Å². The van der Waals surface area contributed by atoms with Gasteiger partial charge in [0.25, 0.3) is 6.47 Å². The van der Waals surface area contributed by atoms with Crippen molar-refractivity contribution >= 4 is 6.47 Å². The van der Waals surface area contributed by atoms with Crippen LogP contribution in [-0.4, -0.2) is 37.2 Å². The van der Waals surface area contributed by atoms with Crippen LogP contribution >= 0.6 is 0 Å². The number of hydrogen-bond donors (Lipinski definition) is 0. The molecule has 17 heavy (non-hydrogen) atoms.